The van der Waals surface area contributed by atoms with E-state index in [-0.39, 0.29) is 19.0 Å². The molecule has 1 aliphatic heterocycles. The molecule has 142 valence electrons. The minimum Gasteiger partial charge on any atom is -0.442 e. The molecule has 1 fully saturated rings. The van der Waals surface area contributed by atoms with Crippen LogP contribution in [0.3, 0.4) is 0 Å². The lowest BCUT2D eigenvalue weighted by molar-refractivity contribution is -0.119. The van der Waals surface area contributed by atoms with E-state index >= 15 is 0 Å². The summed E-state index contributed by atoms with van der Waals surface area (Å²) in [5.74, 6) is -0.585. The second-order valence-electron chi connectivity index (χ2n) is 6.66. The van der Waals surface area contributed by atoms with Gasteiger partial charge < -0.3 is 10.1 Å². The highest BCUT2D eigenvalue weighted by atomic mass is 19.1. The Hall–Kier alpha value is -2.89. The molecule has 0 aliphatic carbocycles. The van der Waals surface area contributed by atoms with Gasteiger partial charge in [0.05, 0.1) is 18.8 Å². The van der Waals surface area contributed by atoms with E-state index in [0.29, 0.717) is 11.3 Å². The molecule has 2 aromatic carbocycles. The summed E-state index contributed by atoms with van der Waals surface area (Å²) in [6, 6.07) is 12.6. The first kappa shape index (κ1) is 18.9. The van der Waals surface area contributed by atoms with E-state index in [4.69, 9.17) is 4.74 Å². The number of benzene rings is 2. The molecule has 1 atom stereocenters. The Morgan fingerprint density at radius 3 is 2.63 bits per heavy atom. The number of amides is 2. The van der Waals surface area contributed by atoms with Gasteiger partial charge in [0, 0.05) is 12.5 Å². The van der Waals surface area contributed by atoms with Crippen LogP contribution < -0.4 is 10.2 Å². The zero-order valence-corrected chi connectivity index (χ0v) is 15.5. The Bertz CT molecular complexity index is 836. The number of hydrogen-bond acceptors (Lipinski definition) is 3. The molecular formula is C21H23FN2O3. The van der Waals surface area contributed by atoms with Gasteiger partial charge in [-0.2, -0.15) is 0 Å². The highest BCUT2D eigenvalue weighted by Gasteiger charge is 2.32. The van der Waals surface area contributed by atoms with Crippen molar-refractivity contribution in [2.45, 2.75) is 32.8 Å². The molecule has 27 heavy (non-hydrogen) atoms. The van der Waals surface area contributed by atoms with Gasteiger partial charge in [0.25, 0.3) is 0 Å². The van der Waals surface area contributed by atoms with Crippen molar-refractivity contribution < 1.29 is 18.7 Å². The molecule has 0 saturated carbocycles. The zero-order valence-electron chi connectivity index (χ0n) is 15.5. The molecule has 1 heterocycles. The molecule has 3 rings (SSSR count). The summed E-state index contributed by atoms with van der Waals surface area (Å²) in [7, 11) is 0. The molecule has 1 N–H and O–H groups in total. The molecule has 0 aromatic heterocycles. The first-order chi connectivity index (χ1) is 13.0. The number of ether oxygens (including phenoxy) is 1. The van der Waals surface area contributed by atoms with Crippen molar-refractivity contribution in [2.24, 2.45) is 0 Å². The van der Waals surface area contributed by atoms with Crippen LogP contribution in [0.4, 0.5) is 14.9 Å². The summed E-state index contributed by atoms with van der Waals surface area (Å²) in [5, 5.41) is 2.62. The maximum Gasteiger partial charge on any atom is 0.414 e. The molecule has 0 spiro atoms. The van der Waals surface area contributed by atoms with Crippen LogP contribution in [-0.4, -0.2) is 31.2 Å². The van der Waals surface area contributed by atoms with Crippen molar-refractivity contribution in [3.8, 4) is 11.1 Å². The second kappa shape index (κ2) is 8.20. The summed E-state index contributed by atoms with van der Waals surface area (Å²) < 4.78 is 19.9. The topological polar surface area (TPSA) is 58.6 Å². The minimum atomic E-state index is -0.540. The number of carbonyl (C=O) groups is 2. The van der Waals surface area contributed by atoms with Crippen LogP contribution in [0.25, 0.3) is 11.1 Å². The molecule has 1 aliphatic rings. The number of cyclic esters (lactones) is 1. The van der Waals surface area contributed by atoms with Crippen LogP contribution in [-0.2, 0) is 16.0 Å². The van der Waals surface area contributed by atoms with Crippen molar-refractivity contribution >= 4 is 17.7 Å². The standard InChI is InChI=1S/C21H23FN2O3/c1-3-4-15-5-7-16(8-6-15)19-10-9-17(11-20(19)22)24-13-18(27-21(24)26)12-23-14(2)25/h5-11,18H,3-4,12-13H2,1-2H3,(H,23,25)/t18-/m0/s1. The molecule has 0 radical (unpaired) electrons. The van der Waals surface area contributed by atoms with Gasteiger partial charge in [0.2, 0.25) is 5.91 Å². The normalized spacial score (nSPS) is 16.3. The van der Waals surface area contributed by atoms with Crippen molar-refractivity contribution in [1.29, 1.82) is 0 Å². The Morgan fingerprint density at radius 1 is 1.26 bits per heavy atom. The van der Waals surface area contributed by atoms with Gasteiger partial charge >= 0.3 is 6.09 Å². The Morgan fingerprint density at radius 2 is 2.00 bits per heavy atom. The van der Waals surface area contributed by atoms with E-state index in [1.54, 1.807) is 12.1 Å². The number of rotatable bonds is 6. The van der Waals surface area contributed by atoms with Crippen molar-refractivity contribution in [3.05, 3.63) is 53.8 Å². The summed E-state index contributed by atoms with van der Waals surface area (Å²) >= 11 is 0. The van der Waals surface area contributed by atoms with Crippen molar-refractivity contribution in [1.82, 2.24) is 5.32 Å². The first-order valence-corrected chi connectivity index (χ1v) is 9.09. The Balaban J connectivity index is 1.74. The fourth-order valence-corrected chi connectivity index (χ4v) is 3.14. The third kappa shape index (κ3) is 4.45. The molecule has 2 amide bonds. The lowest BCUT2D eigenvalue weighted by Crippen LogP contribution is -2.33. The second-order valence-corrected chi connectivity index (χ2v) is 6.66. The molecule has 2 aromatic rings. The van der Waals surface area contributed by atoms with Crippen LogP contribution in [0, 0.1) is 5.82 Å². The van der Waals surface area contributed by atoms with Crippen LogP contribution in [0.2, 0.25) is 0 Å². The van der Waals surface area contributed by atoms with Gasteiger partial charge in [-0.1, -0.05) is 37.6 Å². The van der Waals surface area contributed by atoms with E-state index < -0.39 is 18.0 Å². The maximum atomic E-state index is 14.7. The lowest BCUT2D eigenvalue weighted by atomic mass is 10.0. The average molecular weight is 370 g/mol. The van der Waals surface area contributed by atoms with Gasteiger partial charge in [0.1, 0.15) is 11.9 Å². The maximum absolute atomic E-state index is 14.7. The van der Waals surface area contributed by atoms with Gasteiger partial charge in [-0.15, -0.1) is 0 Å². The van der Waals surface area contributed by atoms with E-state index in [9.17, 15) is 14.0 Å². The molecular weight excluding hydrogens is 347 g/mol. The number of hydrogen-bond donors (Lipinski definition) is 1. The number of nitrogens with one attached hydrogen (secondary N) is 1. The average Bonchev–Trinajstić information content (AvgIpc) is 3.02. The third-order valence-electron chi connectivity index (χ3n) is 4.52. The molecule has 5 nitrogen and oxygen atoms in total. The summed E-state index contributed by atoms with van der Waals surface area (Å²) in [5.41, 5.74) is 2.95. The predicted octanol–water partition coefficient (Wildman–Crippen LogP) is 3.91. The third-order valence-corrected chi connectivity index (χ3v) is 4.52. The fourth-order valence-electron chi connectivity index (χ4n) is 3.14. The van der Waals surface area contributed by atoms with Crippen LogP contribution >= 0.6 is 0 Å². The van der Waals surface area contributed by atoms with Gasteiger partial charge in [-0.05, 0) is 35.7 Å². The highest BCUT2D eigenvalue weighted by molar-refractivity contribution is 5.90. The quantitative estimate of drug-likeness (QED) is 0.839. The van der Waals surface area contributed by atoms with Gasteiger partial charge in [-0.3, -0.25) is 9.69 Å². The van der Waals surface area contributed by atoms with E-state index in [1.807, 2.05) is 24.3 Å². The summed E-state index contributed by atoms with van der Waals surface area (Å²) in [4.78, 5) is 24.4. The number of anilines is 1. The molecule has 1 saturated heterocycles. The van der Waals surface area contributed by atoms with Crippen molar-refractivity contribution in [2.75, 3.05) is 18.0 Å². The summed E-state index contributed by atoms with van der Waals surface area (Å²) in [6.07, 6.45) is 1.08. The lowest BCUT2D eigenvalue weighted by Gasteiger charge is -2.14. The molecule has 0 unspecified atom stereocenters. The monoisotopic (exact) mass is 370 g/mol. The number of halogens is 1. The van der Waals surface area contributed by atoms with E-state index in [2.05, 4.69) is 12.2 Å². The number of nitrogens with zero attached hydrogens (tertiary/aromatic N) is 1. The fraction of sp³-hybridized carbons (Fsp3) is 0.333. The summed E-state index contributed by atoms with van der Waals surface area (Å²) in [6.45, 7) is 4.03. The number of aryl methyl sites for hydroxylation is 1. The van der Waals surface area contributed by atoms with E-state index in [0.717, 1.165) is 18.4 Å². The van der Waals surface area contributed by atoms with Gasteiger partial charge in [-0.25, -0.2) is 9.18 Å². The van der Waals surface area contributed by atoms with Crippen LogP contribution in [0.5, 0.6) is 0 Å². The Kier molecular flexibility index (Phi) is 5.74. The van der Waals surface area contributed by atoms with Crippen molar-refractivity contribution in [3.63, 3.8) is 0 Å². The van der Waals surface area contributed by atoms with Gasteiger partial charge in [0.15, 0.2) is 0 Å². The van der Waals surface area contributed by atoms with Crippen LogP contribution in [0.15, 0.2) is 42.5 Å². The SMILES string of the molecule is CCCc1ccc(-c2ccc(N3C[C@H](CNC(C)=O)OC3=O)cc2F)cc1. The zero-order chi connectivity index (χ0) is 19.4. The number of carbonyl (C=O) groups excluding carboxylic acids is 2. The largest absolute Gasteiger partial charge is 0.442 e. The van der Waals surface area contributed by atoms with E-state index in [1.165, 1.54) is 23.5 Å². The first-order valence-electron chi connectivity index (χ1n) is 9.09. The molecule has 0 bridgehead atoms. The molecule has 6 heteroatoms. The van der Waals surface area contributed by atoms with Crippen LogP contribution in [0.1, 0.15) is 25.8 Å². The Labute approximate surface area is 158 Å². The minimum absolute atomic E-state index is 0.190. The smallest absolute Gasteiger partial charge is 0.414 e. The highest BCUT2D eigenvalue weighted by Crippen LogP contribution is 2.29. The predicted molar refractivity (Wildman–Crippen MR) is 102 cm³/mol.